The van der Waals surface area contributed by atoms with Crippen molar-refractivity contribution in [1.82, 2.24) is 4.98 Å². The number of halogens is 2. The molecule has 18 heavy (non-hydrogen) atoms. The molecule has 0 aliphatic carbocycles. The first-order valence-electron chi connectivity index (χ1n) is 5.00. The summed E-state index contributed by atoms with van der Waals surface area (Å²) in [6.07, 6.45) is 0. The topological polar surface area (TPSA) is 81.2 Å². The van der Waals surface area contributed by atoms with Crippen LogP contribution in [0.2, 0.25) is 0 Å². The molecule has 100 valence electrons. The van der Waals surface area contributed by atoms with E-state index in [-0.39, 0.29) is 30.7 Å². The number of rotatable bonds is 2. The van der Waals surface area contributed by atoms with E-state index in [1.807, 2.05) is 0 Å². The van der Waals surface area contributed by atoms with Crippen molar-refractivity contribution in [1.29, 1.82) is 0 Å². The second kappa shape index (κ2) is 6.58. The number of nitrogens with one attached hydrogen (secondary N) is 1. The molecule has 7 heteroatoms. The Morgan fingerprint density at radius 2 is 2.11 bits per heavy atom. The van der Waals surface area contributed by atoms with E-state index in [9.17, 15) is 4.79 Å². The molecule has 1 aromatic heterocycles. The molecule has 1 heterocycles. The van der Waals surface area contributed by atoms with Gasteiger partial charge in [0, 0.05) is 12.6 Å². The van der Waals surface area contributed by atoms with Crippen LogP contribution in [-0.4, -0.2) is 16.9 Å². The van der Waals surface area contributed by atoms with E-state index in [1.165, 1.54) is 0 Å². The molecule has 0 aliphatic heterocycles. The van der Waals surface area contributed by atoms with Gasteiger partial charge in [-0.1, -0.05) is 0 Å². The van der Waals surface area contributed by atoms with Crippen molar-refractivity contribution in [3.8, 4) is 0 Å². The number of carbonyl (C=O) groups excluding carboxylic acids is 1. The molecule has 1 amide bonds. The molecule has 0 spiro atoms. The van der Waals surface area contributed by atoms with Gasteiger partial charge >= 0.3 is 0 Å². The van der Waals surface area contributed by atoms with Crippen LogP contribution in [0.25, 0.3) is 11.1 Å². The van der Waals surface area contributed by atoms with Gasteiger partial charge in [0.05, 0.1) is 6.04 Å². The van der Waals surface area contributed by atoms with Gasteiger partial charge in [0.2, 0.25) is 5.91 Å². The van der Waals surface area contributed by atoms with Crippen LogP contribution in [0.5, 0.6) is 0 Å². The number of oxazole rings is 1. The summed E-state index contributed by atoms with van der Waals surface area (Å²) in [5, 5.41) is 2.70. The van der Waals surface area contributed by atoms with Crippen molar-refractivity contribution in [3.63, 3.8) is 0 Å². The summed E-state index contributed by atoms with van der Waals surface area (Å²) in [4.78, 5) is 15.6. The summed E-state index contributed by atoms with van der Waals surface area (Å²) in [7, 11) is 0. The third-order valence-corrected chi connectivity index (χ3v) is 2.18. The van der Waals surface area contributed by atoms with E-state index in [4.69, 9.17) is 10.2 Å². The third-order valence-electron chi connectivity index (χ3n) is 2.18. The van der Waals surface area contributed by atoms with Gasteiger partial charge in [-0.15, -0.1) is 24.8 Å². The SMILES string of the molecule is Cc1nc2cc(NC(=O)[C@H](C)N)ccc2o1.Cl.Cl. The number of fused-ring (bicyclic) bond motifs is 1. The van der Waals surface area contributed by atoms with Gasteiger partial charge in [0.1, 0.15) is 5.52 Å². The average Bonchev–Trinajstić information content (AvgIpc) is 2.57. The molecule has 0 saturated carbocycles. The zero-order chi connectivity index (χ0) is 11.7. The van der Waals surface area contributed by atoms with Gasteiger partial charge in [0.15, 0.2) is 11.5 Å². The summed E-state index contributed by atoms with van der Waals surface area (Å²) in [6, 6.07) is 4.75. The van der Waals surface area contributed by atoms with Gasteiger partial charge in [0.25, 0.3) is 0 Å². The molecule has 0 saturated heterocycles. The summed E-state index contributed by atoms with van der Waals surface area (Å²) >= 11 is 0. The molecule has 0 bridgehead atoms. The maximum Gasteiger partial charge on any atom is 0.240 e. The molecule has 1 aromatic carbocycles. The van der Waals surface area contributed by atoms with Crippen molar-refractivity contribution < 1.29 is 9.21 Å². The molecule has 0 aliphatic rings. The molecule has 0 radical (unpaired) electrons. The maximum atomic E-state index is 11.4. The lowest BCUT2D eigenvalue weighted by Gasteiger charge is -2.06. The number of nitrogens with two attached hydrogens (primary N) is 1. The van der Waals surface area contributed by atoms with Crippen molar-refractivity contribution in [2.24, 2.45) is 5.73 Å². The van der Waals surface area contributed by atoms with Crippen LogP contribution in [0.4, 0.5) is 5.69 Å². The Labute approximate surface area is 117 Å². The van der Waals surface area contributed by atoms with Crippen molar-refractivity contribution in [2.75, 3.05) is 5.32 Å². The van der Waals surface area contributed by atoms with E-state index >= 15 is 0 Å². The van der Waals surface area contributed by atoms with E-state index < -0.39 is 6.04 Å². The Kier molecular flexibility index (Phi) is 6.11. The number of nitrogens with zero attached hydrogens (tertiary/aromatic N) is 1. The van der Waals surface area contributed by atoms with Gasteiger partial charge in [-0.3, -0.25) is 4.79 Å². The largest absolute Gasteiger partial charge is 0.441 e. The Morgan fingerprint density at radius 3 is 2.72 bits per heavy atom. The predicted octanol–water partition coefficient (Wildman–Crippen LogP) is 2.27. The minimum Gasteiger partial charge on any atom is -0.441 e. The smallest absolute Gasteiger partial charge is 0.240 e. The summed E-state index contributed by atoms with van der Waals surface area (Å²) in [6.45, 7) is 3.41. The Morgan fingerprint density at radius 1 is 1.44 bits per heavy atom. The molecule has 2 rings (SSSR count). The fourth-order valence-corrected chi connectivity index (χ4v) is 1.38. The van der Waals surface area contributed by atoms with Crippen LogP contribution < -0.4 is 11.1 Å². The second-order valence-electron chi connectivity index (χ2n) is 3.69. The van der Waals surface area contributed by atoms with E-state index in [0.29, 0.717) is 17.2 Å². The number of hydrogen-bond acceptors (Lipinski definition) is 4. The van der Waals surface area contributed by atoms with Gasteiger partial charge in [-0.05, 0) is 25.1 Å². The minimum absolute atomic E-state index is 0. The number of hydrogen-bond donors (Lipinski definition) is 2. The second-order valence-corrected chi connectivity index (χ2v) is 3.69. The number of anilines is 1. The first kappa shape index (κ1) is 16.7. The maximum absolute atomic E-state index is 11.4. The third kappa shape index (κ3) is 3.60. The summed E-state index contributed by atoms with van der Waals surface area (Å²) < 4.78 is 5.33. The van der Waals surface area contributed by atoms with Crippen molar-refractivity contribution in [3.05, 3.63) is 24.1 Å². The Hall–Kier alpha value is -1.30. The molecular formula is C11H15Cl2N3O2. The van der Waals surface area contributed by atoms with Crippen molar-refractivity contribution in [2.45, 2.75) is 19.9 Å². The highest BCUT2D eigenvalue weighted by molar-refractivity contribution is 5.95. The molecule has 2 aromatic rings. The first-order chi connectivity index (χ1) is 7.56. The number of aromatic nitrogens is 1. The highest BCUT2D eigenvalue weighted by atomic mass is 35.5. The molecular weight excluding hydrogens is 277 g/mol. The average molecular weight is 292 g/mol. The fraction of sp³-hybridized carbons (Fsp3) is 0.273. The van der Waals surface area contributed by atoms with E-state index in [1.54, 1.807) is 32.0 Å². The van der Waals surface area contributed by atoms with Gasteiger partial charge < -0.3 is 15.5 Å². The predicted molar refractivity (Wildman–Crippen MR) is 75.5 cm³/mol. The molecule has 3 N–H and O–H groups in total. The standard InChI is InChI=1S/C11H13N3O2.2ClH/c1-6(12)11(15)14-8-3-4-10-9(5-8)13-7(2)16-10;;/h3-6H,12H2,1-2H3,(H,14,15);2*1H/t6-;;/m0../s1. The molecule has 1 atom stereocenters. The molecule has 0 fully saturated rings. The summed E-state index contributed by atoms with van der Waals surface area (Å²) in [5.74, 6) is 0.380. The van der Waals surface area contributed by atoms with Crippen LogP contribution in [0.3, 0.4) is 0 Å². The molecule has 0 unspecified atom stereocenters. The Balaban J connectivity index is 0.00000144. The fourth-order valence-electron chi connectivity index (χ4n) is 1.38. The zero-order valence-electron chi connectivity index (χ0n) is 9.97. The number of benzene rings is 1. The normalized spacial score (nSPS) is 11.3. The lowest BCUT2D eigenvalue weighted by molar-refractivity contribution is -0.117. The quantitative estimate of drug-likeness (QED) is 0.889. The molecule has 5 nitrogen and oxygen atoms in total. The highest BCUT2D eigenvalue weighted by Gasteiger charge is 2.09. The van der Waals surface area contributed by atoms with Crippen LogP contribution in [0, 0.1) is 6.92 Å². The number of aryl methyl sites for hydroxylation is 1. The summed E-state index contributed by atoms with van der Waals surface area (Å²) in [5.41, 5.74) is 7.55. The Bertz CT molecular complexity index is 540. The van der Waals surface area contributed by atoms with Gasteiger partial charge in [-0.2, -0.15) is 0 Å². The number of carbonyl (C=O) groups is 1. The van der Waals surface area contributed by atoms with Crippen molar-refractivity contribution >= 4 is 47.5 Å². The zero-order valence-corrected chi connectivity index (χ0v) is 11.6. The van der Waals surface area contributed by atoms with Crippen LogP contribution in [0.15, 0.2) is 22.6 Å². The highest BCUT2D eigenvalue weighted by Crippen LogP contribution is 2.19. The van der Waals surface area contributed by atoms with E-state index in [2.05, 4.69) is 10.3 Å². The lowest BCUT2D eigenvalue weighted by atomic mass is 10.2. The lowest BCUT2D eigenvalue weighted by Crippen LogP contribution is -2.32. The van der Waals surface area contributed by atoms with Crippen LogP contribution in [0.1, 0.15) is 12.8 Å². The number of amides is 1. The van der Waals surface area contributed by atoms with Crippen LogP contribution >= 0.6 is 24.8 Å². The monoisotopic (exact) mass is 291 g/mol. The first-order valence-corrected chi connectivity index (χ1v) is 5.00. The van der Waals surface area contributed by atoms with Crippen LogP contribution in [-0.2, 0) is 4.79 Å². The minimum atomic E-state index is -0.533. The van der Waals surface area contributed by atoms with Gasteiger partial charge in [-0.25, -0.2) is 4.98 Å². The van der Waals surface area contributed by atoms with E-state index in [0.717, 1.165) is 5.52 Å².